The van der Waals surface area contributed by atoms with Crippen LogP contribution in [0.1, 0.15) is 28.4 Å². The second kappa shape index (κ2) is 7.97. The van der Waals surface area contributed by atoms with Gasteiger partial charge >= 0.3 is 5.69 Å². The van der Waals surface area contributed by atoms with Gasteiger partial charge in [-0.05, 0) is 61.4 Å². The predicted molar refractivity (Wildman–Crippen MR) is 111 cm³/mol. The summed E-state index contributed by atoms with van der Waals surface area (Å²) in [5.41, 5.74) is 1.79. The molecule has 1 aromatic heterocycles. The maximum Gasteiger partial charge on any atom is 0.333 e. The van der Waals surface area contributed by atoms with Gasteiger partial charge in [0.05, 0.1) is 5.69 Å². The van der Waals surface area contributed by atoms with Gasteiger partial charge in [-0.15, -0.1) is 0 Å². The van der Waals surface area contributed by atoms with Crippen LogP contribution in [0.15, 0.2) is 58.3 Å². The Balaban J connectivity index is 1.92. The van der Waals surface area contributed by atoms with E-state index in [-0.39, 0.29) is 11.5 Å². The molecule has 0 unspecified atom stereocenters. The predicted octanol–water partition coefficient (Wildman–Crippen LogP) is 2.35. The van der Waals surface area contributed by atoms with E-state index in [4.69, 9.17) is 0 Å². The molecule has 0 saturated carbocycles. The van der Waals surface area contributed by atoms with E-state index < -0.39 is 17.2 Å². The summed E-state index contributed by atoms with van der Waals surface area (Å²) in [7, 11) is 0. The van der Waals surface area contributed by atoms with Crippen molar-refractivity contribution in [1.82, 2.24) is 9.55 Å². The topological polar surface area (TPSA) is 113 Å². The number of amides is 2. The molecule has 2 amide bonds. The van der Waals surface area contributed by atoms with Crippen molar-refractivity contribution in [3.05, 3.63) is 86.2 Å². The van der Waals surface area contributed by atoms with E-state index >= 15 is 0 Å². The van der Waals surface area contributed by atoms with Gasteiger partial charge in [0.25, 0.3) is 11.5 Å². The van der Waals surface area contributed by atoms with Crippen LogP contribution in [0.3, 0.4) is 0 Å². The Morgan fingerprint density at radius 3 is 2.10 bits per heavy atom. The summed E-state index contributed by atoms with van der Waals surface area (Å²) in [5, 5.41) is 5.23. The fourth-order valence-corrected chi connectivity index (χ4v) is 2.77. The van der Waals surface area contributed by atoms with E-state index in [1.54, 1.807) is 42.5 Å². The third kappa shape index (κ3) is 4.32. The lowest BCUT2D eigenvalue weighted by Crippen LogP contribution is -2.38. The highest BCUT2D eigenvalue weighted by Gasteiger charge is 2.16. The largest absolute Gasteiger partial charge is 0.333 e. The third-order valence-electron chi connectivity index (χ3n) is 4.43. The second-order valence-corrected chi connectivity index (χ2v) is 6.63. The molecule has 0 bridgehead atoms. The van der Waals surface area contributed by atoms with Gasteiger partial charge < -0.3 is 15.6 Å². The average Bonchev–Trinajstić information content (AvgIpc) is 2.65. The van der Waals surface area contributed by atoms with Crippen LogP contribution in [0.25, 0.3) is 5.69 Å². The fourth-order valence-electron chi connectivity index (χ4n) is 2.77. The molecule has 0 spiro atoms. The molecule has 0 atom stereocenters. The first-order valence-corrected chi connectivity index (χ1v) is 8.87. The van der Waals surface area contributed by atoms with Crippen molar-refractivity contribution in [3.8, 4) is 5.69 Å². The Morgan fingerprint density at radius 2 is 1.52 bits per heavy atom. The summed E-state index contributed by atoms with van der Waals surface area (Å²) < 4.78 is 0.932. The van der Waals surface area contributed by atoms with Crippen molar-refractivity contribution >= 4 is 23.2 Å². The van der Waals surface area contributed by atoms with Gasteiger partial charge in [-0.25, -0.2) is 9.36 Å². The molecule has 0 fully saturated rings. The van der Waals surface area contributed by atoms with Crippen molar-refractivity contribution < 1.29 is 9.59 Å². The highest BCUT2D eigenvalue weighted by atomic mass is 16.2. The number of nitrogens with one attached hydrogen (secondary N) is 3. The van der Waals surface area contributed by atoms with E-state index in [0.717, 1.165) is 21.9 Å². The monoisotopic (exact) mass is 392 g/mol. The molecule has 8 nitrogen and oxygen atoms in total. The molecule has 0 aliphatic carbocycles. The molecule has 3 N–H and O–H groups in total. The molecule has 8 heteroatoms. The van der Waals surface area contributed by atoms with E-state index in [2.05, 4.69) is 15.6 Å². The van der Waals surface area contributed by atoms with Crippen LogP contribution >= 0.6 is 0 Å². The van der Waals surface area contributed by atoms with Crippen LogP contribution < -0.4 is 21.9 Å². The highest BCUT2D eigenvalue weighted by Crippen LogP contribution is 2.14. The van der Waals surface area contributed by atoms with Crippen LogP contribution in [-0.4, -0.2) is 21.4 Å². The first kappa shape index (κ1) is 19.8. The minimum absolute atomic E-state index is 0.200. The van der Waals surface area contributed by atoms with Crippen LogP contribution in [0.4, 0.5) is 11.4 Å². The number of benzene rings is 2. The molecule has 1 heterocycles. The number of hydrogen-bond acceptors (Lipinski definition) is 4. The Labute approximate surface area is 166 Å². The zero-order valence-electron chi connectivity index (χ0n) is 16.2. The molecule has 29 heavy (non-hydrogen) atoms. The Bertz CT molecular complexity index is 1210. The molecule has 3 aromatic rings. The molecular weight excluding hydrogens is 372 g/mol. The standard InChI is InChI=1S/C21H20N4O4/c1-12-4-9-17(10-13(12)2)25-20(28)18(11-22-21(25)29)19(27)24-16-7-5-15(6-8-16)23-14(3)26/h4-11H,1-3H3,(H,22,29)(H,23,26)(H,24,27). The number of carbonyl (C=O) groups excluding carboxylic acids is 2. The Morgan fingerprint density at radius 1 is 0.897 bits per heavy atom. The zero-order chi connectivity index (χ0) is 21.1. The second-order valence-electron chi connectivity index (χ2n) is 6.63. The molecule has 0 aliphatic heterocycles. The molecule has 2 aromatic carbocycles. The normalized spacial score (nSPS) is 10.4. The number of aromatic amines is 1. The van der Waals surface area contributed by atoms with Crippen molar-refractivity contribution in [2.75, 3.05) is 10.6 Å². The summed E-state index contributed by atoms with van der Waals surface area (Å²) in [6, 6.07) is 11.6. The SMILES string of the molecule is CC(=O)Nc1ccc(NC(=O)c2c[nH]c(=O)n(-c3ccc(C)c(C)c3)c2=O)cc1. The summed E-state index contributed by atoms with van der Waals surface area (Å²) in [6.45, 7) is 5.19. The van der Waals surface area contributed by atoms with Crippen molar-refractivity contribution in [1.29, 1.82) is 0 Å². The van der Waals surface area contributed by atoms with Gasteiger partial charge in [-0.1, -0.05) is 6.07 Å². The zero-order valence-corrected chi connectivity index (χ0v) is 16.2. The lowest BCUT2D eigenvalue weighted by Gasteiger charge is -2.10. The van der Waals surface area contributed by atoms with Gasteiger partial charge in [0.15, 0.2) is 0 Å². The van der Waals surface area contributed by atoms with Crippen molar-refractivity contribution in [2.24, 2.45) is 0 Å². The summed E-state index contributed by atoms with van der Waals surface area (Å²) in [4.78, 5) is 51.2. The number of carbonyl (C=O) groups is 2. The molecule has 0 saturated heterocycles. The number of aromatic nitrogens is 2. The van der Waals surface area contributed by atoms with Gasteiger partial charge in [-0.2, -0.15) is 0 Å². The first-order chi connectivity index (χ1) is 13.8. The number of aryl methyl sites for hydroxylation is 2. The number of nitrogens with zero attached hydrogens (tertiary/aromatic N) is 1. The Hall–Kier alpha value is -3.94. The fraction of sp³-hybridized carbons (Fsp3) is 0.143. The maximum absolute atomic E-state index is 12.8. The van der Waals surface area contributed by atoms with Gasteiger partial charge in [-0.3, -0.25) is 14.4 Å². The summed E-state index contributed by atoms with van der Waals surface area (Å²) in [5.74, 6) is -0.863. The van der Waals surface area contributed by atoms with Crippen LogP contribution in [-0.2, 0) is 4.79 Å². The minimum atomic E-state index is -0.718. The van der Waals surface area contributed by atoms with Crippen LogP contribution in [0, 0.1) is 13.8 Å². The molecule has 0 radical (unpaired) electrons. The highest BCUT2D eigenvalue weighted by molar-refractivity contribution is 6.04. The quantitative estimate of drug-likeness (QED) is 0.632. The number of anilines is 2. The van der Waals surface area contributed by atoms with Crippen LogP contribution in [0.2, 0.25) is 0 Å². The van der Waals surface area contributed by atoms with E-state index in [1.165, 1.54) is 6.92 Å². The number of H-pyrrole nitrogens is 1. The van der Waals surface area contributed by atoms with Gasteiger partial charge in [0.1, 0.15) is 5.56 Å². The molecule has 0 aliphatic rings. The molecule has 148 valence electrons. The summed E-state index contributed by atoms with van der Waals surface area (Å²) >= 11 is 0. The van der Waals surface area contributed by atoms with E-state index in [1.807, 2.05) is 13.8 Å². The number of hydrogen-bond donors (Lipinski definition) is 3. The van der Waals surface area contributed by atoms with E-state index in [0.29, 0.717) is 17.1 Å². The van der Waals surface area contributed by atoms with Crippen LogP contribution in [0.5, 0.6) is 0 Å². The first-order valence-electron chi connectivity index (χ1n) is 8.87. The summed E-state index contributed by atoms with van der Waals surface area (Å²) in [6.07, 6.45) is 1.10. The molecule has 3 rings (SSSR count). The maximum atomic E-state index is 12.8. The third-order valence-corrected chi connectivity index (χ3v) is 4.43. The lowest BCUT2D eigenvalue weighted by molar-refractivity contribution is -0.114. The van der Waals surface area contributed by atoms with Gasteiger partial charge in [0.2, 0.25) is 5.91 Å². The Kier molecular flexibility index (Phi) is 5.45. The van der Waals surface area contributed by atoms with Crippen molar-refractivity contribution in [2.45, 2.75) is 20.8 Å². The van der Waals surface area contributed by atoms with E-state index in [9.17, 15) is 19.2 Å². The number of rotatable bonds is 4. The lowest BCUT2D eigenvalue weighted by atomic mass is 10.1. The van der Waals surface area contributed by atoms with Gasteiger partial charge in [0, 0.05) is 24.5 Å². The average molecular weight is 392 g/mol. The minimum Gasteiger partial charge on any atom is -0.326 e. The molecular formula is C21H20N4O4. The van der Waals surface area contributed by atoms with Crippen molar-refractivity contribution in [3.63, 3.8) is 0 Å². The smallest absolute Gasteiger partial charge is 0.326 e.